The number of hydrogen-bond acceptors (Lipinski definition) is 6. The molecule has 3 aromatic rings. The summed E-state index contributed by atoms with van der Waals surface area (Å²) < 4.78 is 26.8. The lowest BCUT2D eigenvalue weighted by molar-refractivity contribution is 0.603. The number of halogens is 1. The molecule has 0 spiro atoms. The van der Waals surface area contributed by atoms with Gasteiger partial charge in [0.25, 0.3) is 10.0 Å². The van der Waals surface area contributed by atoms with Crippen molar-refractivity contribution in [3.05, 3.63) is 58.9 Å². The van der Waals surface area contributed by atoms with Crippen LogP contribution in [0.5, 0.6) is 0 Å². The van der Waals surface area contributed by atoms with Crippen LogP contribution in [-0.4, -0.2) is 18.6 Å². The van der Waals surface area contributed by atoms with Crippen molar-refractivity contribution >= 4 is 50.3 Å². The Labute approximate surface area is 142 Å². The molecule has 6 nitrogen and oxygen atoms in total. The number of benzene rings is 1. The maximum Gasteiger partial charge on any atom is 0.272 e. The zero-order chi connectivity index (χ0) is 16.3. The van der Waals surface area contributed by atoms with Crippen LogP contribution < -0.4 is 10.0 Å². The number of thiophene rings is 1. The van der Waals surface area contributed by atoms with Crippen molar-refractivity contribution in [1.82, 2.24) is 10.2 Å². The molecule has 0 unspecified atom stereocenters. The summed E-state index contributed by atoms with van der Waals surface area (Å²) in [5.41, 5.74) is 0.763. The summed E-state index contributed by atoms with van der Waals surface area (Å²) in [6.07, 6.45) is 0. The Morgan fingerprint density at radius 3 is 2.43 bits per heavy atom. The second-order valence-corrected chi connectivity index (χ2v) is 7.77. The fourth-order valence-corrected chi connectivity index (χ4v) is 3.95. The molecule has 2 aromatic heterocycles. The largest absolute Gasteiger partial charge is 0.339 e. The molecule has 0 radical (unpaired) electrons. The van der Waals surface area contributed by atoms with Gasteiger partial charge in [0.2, 0.25) is 0 Å². The van der Waals surface area contributed by atoms with Crippen LogP contribution in [0.4, 0.5) is 17.3 Å². The molecule has 118 valence electrons. The normalized spacial score (nSPS) is 11.2. The summed E-state index contributed by atoms with van der Waals surface area (Å²) >= 11 is 7.04. The molecule has 0 aliphatic heterocycles. The van der Waals surface area contributed by atoms with Gasteiger partial charge in [-0.2, -0.15) is 0 Å². The summed E-state index contributed by atoms with van der Waals surface area (Å²) in [4.78, 5) is 0. The van der Waals surface area contributed by atoms with Gasteiger partial charge in [-0.3, -0.25) is 4.72 Å². The highest BCUT2D eigenvalue weighted by atomic mass is 35.5. The molecule has 0 aliphatic carbocycles. The molecule has 2 N–H and O–H groups in total. The molecule has 1 aromatic carbocycles. The van der Waals surface area contributed by atoms with Crippen LogP contribution in [0.1, 0.15) is 0 Å². The molecule has 0 fully saturated rings. The standard InChI is InChI=1S/C14H11ClN4O2S2/c15-10-3-1-4-11(9-10)16-12-6-7-13(18-17-12)19-23(20,21)14-5-2-8-22-14/h1-9H,(H,16,17)(H,18,19). The van der Waals surface area contributed by atoms with Gasteiger partial charge in [0.15, 0.2) is 11.6 Å². The lowest BCUT2D eigenvalue weighted by Crippen LogP contribution is -2.13. The maximum absolute atomic E-state index is 12.1. The van der Waals surface area contributed by atoms with Gasteiger partial charge in [-0.05, 0) is 41.8 Å². The van der Waals surface area contributed by atoms with E-state index < -0.39 is 10.0 Å². The third kappa shape index (κ3) is 3.98. The third-order valence-corrected chi connectivity index (χ3v) is 5.75. The number of anilines is 3. The maximum atomic E-state index is 12.1. The minimum absolute atomic E-state index is 0.148. The van der Waals surface area contributed by atoms with Gasteiger partial charge in [-0.15, -0.1) is 21.5 Å². The number of nitrogens with one attached hydrogen (secondary N) is 2. The summed E-state index contributed by atoms with van der Waals surface area (Å²) in [5.74, 6) is 0.626. The molecule has 3 rings (SSSR count). The molecular formula is C14H11ClN4O2S2. The lowest BCUT2D eigenvalue weighted by Gasteiger charge is -2.07. The first-order valence-corrected chi connectivity index (χ1v) is 9.20. The van der Waals surface area contributed by atoms with Crippen molar-refractivity contribution in [3.63, 3.8) is 0 Å². The number of rotatable bonds is 5. The average Bonchev–Trinajstić information content (AvgIpc) is 3.04. The van der Waals surface area contributed by atoms with Gasteiger partial charge in [-0.1, -0.05) is 23.7 Å². The zero-order valence-corrected chi connectivity index (χ0v) is 14.0. The summed E-state index contributed by atoms with van der Waals surface area (Å²) in [7, 11) is -3.62. The lowest BCUT2D eigenvalue weighted by atomic mass is 10.3. The molecular weight excluding hydrogens is 356 g/mol. The number of aromatic nitrogens is 2. The monoisotopic (exact) mass is 366 g/mol. The van der Waals surface area contributed by atoms with Gasteiger partial charge >= 0.3 is 0 Å². The van der Waals surface area contributed by atoms with Crippen molar-refractivity contribution in [2.24, 2.45) is 0 Å². The molecule has 9 heteroatoms. The second-order valence-electron chi connectivity index (χ2n) is 4.48. The SMILES string of the molecule is O=S(=O)(Nc1ccc(Nc2cccc(Cl)c2)nn1)c1cccs1. The van der Waals surface area contributed by atoms with Crippen molar-refractivity contribution in [2.75, 3.05) is 10.0 Å². The van der Waals surface area contributed by atoms with E-state index >= 15 is 0 Å². The molecule has 2 heterocycles. The second kappa shape index (κ2) is 6.53. The Morgan fingerprint density at radius 2 is 1.78 bits per heavy atom. The first kappa shape index (κ1) is 15.7. The van der Waals surface area contributed by atoms with Crippen LogP contribution in [0.15, 0.2) is 58.1 Å². The predicted molar refractivity (Wildman–Crippen MR) is 91.9 cm³/mol. The highest BCUT2D eigenvalue weighted by molar-refractivity contribution is 7.94. The molecule has 0 bridgehead atoms. The Bertz CT molecular complexity index is 897. The molecule has 0 amide bonds. The average molecular weight is 367 g/mol. The molecule has 0 saturated carbocycles. The van der Waals surface area contributed by atoms with E-state index in [4.69, 9.17) is 11.6 Å². The van der Waals surface area contributed by atoms with E-state index in [0.717, 1.165) is 17.0 Å². The predicted octanol–water partition coefficient (Wildman–Crippen LogP) is 3.74. The van der Waals surface area contributed by atoms with Crippen molar-refractivity contribution in [3.8, 4) is 0 Å². The molecule has 0 saturated heterocycles. The summed E-state index contributed by atoms with van der Waals surface area (Å²) in [6.45, 7) is 0. The van der Waals surface area contributed by atoms with E-state index in [1.54, 1.807) is 29.6 Å². The van der Waals surface area contributed by atoms with Crippen molar-refractivity contribution in [1.29, 1.82) is 0 Å². The van der Waals surface area contributed by atoms with Gasteiger partial charge in [-0.25, -0.2) is 8.42 Å². The van der Waals surface area contributed by atoms with Crippen molar-refractivity contribution < 1.29 is 8.42 Å². The Morgan fingerprint density at radius 1 is 1.00 bits per heavy atom. The fraction of sp³-hybridized carbons (Fsp3) is 0. The van der Waals surface area contributed by atoms with E-state index in [0.29, 0.717) is 10.8 Å². The number of sulfonamides is 1. The van der Waals surface area contributed by atoms with Crippen LogP contribution in [-0.2, 0) is 10.0 Å². The van der Waals surface area contributed by atoms with Crippen LogP contribution in [0.25, 0.3) is 0 Å². The Kier molecular flexibility index (Phi) is 4.46. The van der Waals surface area contributed by atoms with E-state index in [-0.39, 0.29) is 10.0 Å². The van der Waals surface area contributed by atoms with Gasteiger partial charge in [0.05, 0.1) is 0 Å². The minimum atomic E-state index is -3.62. The topological polar surface area (TPSA) is 84.0 Å². The minimum Gasteiger partial charge on any atom is -0.339 e. The highest BCUT2D eigenvalue weighted by Crippen LogP contribution is 2.21. The fourth-order valence-electron chi connectivity index (χ4n) is 1.77. The van der Waals surface area contributed by atoms with Crippen LogP contribution in [0.3, 0.4) is 0 Å². The first-order valence-electron chi connectivity index (χ1n) is 6.45. The van der Waals surface area contributed by atoms with E-state index in [1.807, 2.05) is 12.1 Å². The Hall–Kier alpha value is -2.16. The van der Waals surface area contributed by atoms with Crippen molar-refractivity contribution in [2.45, 2.75) is 4.21 Å². The quantitative estimate of drug-likeness (QED) is 0.718. The van der Waals surface area contributed by atoms with Crippen LogP contribution in [0.2, 0.25) is 5.02 Å². The number of hydrogen-bond donors (Lipinski definition) is 2. The van der Waals surface area contributed by atoms with E-state index in [9.17, 15) is 8.42 Å². The van der Waals surface area contributed by atoms with E-state index in [1.165, 1.54) is 12.1 Å². The Balaban J connectivity index is 1.72. The zero-order valence-electron chi connectivity index (χ0n) is 11.6. The third-order valence-electron chi connectivity index (χ3n) is 2.76. The summed E-state index contributed by atoms with van der Waals surface area (Å²) in [5, 5.41) is 13.1. The van der Waals surface area contributed by atoms with Gasteiger partial charge in [0.1, 0.15) is 4.21 Å². The molecule has 0 aliphatic rings. The highest BCUT2D eigenvalue weighted by Gasteiger charge is 2.15. The van der Waals surface area contributed by atoms with Gasteiger partial charge < -0.3 is 5.32 Å². The smallest absolute Gasteiger partial charge is 0.272 e. The molecule has 0 atom stereocenters. The first-order chi connectivity index (χ1) is 11.0. The number of nitrogens with zero attached hydrogens (tertiary/aromatic N) is 2. The van der Waals surface area contributed by atoms with Gasteiger partial charge in [0, 0.05) is 10.7 Å². The van der Waals surface area contributed by atoms with E-state index in [2.05, 4.69) is 20.2 Å². The van der Waals surface area contributed by atoms with Crippen LogP contribution in [0, 0.1) is 0 Å². The van der Waals surface area contributed by atoms with Crippen LogP contribution >= 0.6 is 22.9 Å². The summed E-state index contributed by atoms with van der Waals surface area (Å²) in [6, 6.07) is 13.5. The molecule has 23 heavy (non-hydrogen) atoms.